The highest BCUT2D eigenvalue weighted by Gasteiger charge is 2.31. The Morgan fingerprint density at radius 1 is 1.20 bits per heavy atom. The summed E-state index contributed by atoms with van der Waals surface area (Å²) in [5.41, 5.74) is 0.622. The molecule has 0 saturated heterocycles. The van der Waals surface area contributed by atoms with Crippen LogP contribution in [0.1, 0.15) is 47.0 Å². The maximum absolute atomic E-state index is 3.68. The van der Waals surface area contributed by atoms with E-state index in [0.29, 0.717) is 11.5 Å². The number of hydrogen-bond acceptors (Lipinski definition) is 2. The first-order valence-electron chi connectivity index (χ1n) is 6.33. The molecule has 1 atom stereocenters. The highest BCUT2D eigenvalue weighted by Crippen LogP contribution is 2.39. The number of nitrogens with one attached hydrogen (secondary N) is 1. The van der Waals surface area contributed by atoms with Gasteiger partial charge in [-0.3, -0.25) is 0 Å². The second-order valence-electron chi connectivity index (χ2n) is 5.88. The standard InChI is InChI=1S/C13H27NS/c1-11(2)8-15-9-12(3)14-10-13(4)6-5-7-13/h11-12,14H,5-10H2,1-4H3. The van der Waals surface area contributed by atoms with Crippen LogP contribution in [0.25, 0.3) is 0 Å². The van der Waals surface area contributed by atoms with E-state index in [2.05, 4.69) is 44.8 Å². The Bertz CT molecular complexity index is 175. The molecule has 0 radical (unpaired) electrons. The van der Waals surface area contributed by atoms with Crippen molar-refractivity contribution in [2.24, 2.45) is 11.3 Å². The van der Waals surface area contributed by atoms with Crippen molar-refractivity contribution in [3.63, 3.8) is 0 Å². The average molecular weight is 229 g/mol. The molecule has 0 heterocycles. The lowest BCUT2D eigenvalue weighted by molar-refractivity contribution is 0.153. The Kier molecular flexibility index (Phi) is 5.48. The Morgan fingerprint density at radius 2 is 1.87 bits per heavy atom. The van der Waals surface area contributed by atoms with Gasteiger partial charge in [0, 0.05) is 18.3 Å². The normalized spacial score (nSPS) is 21.4. The Labute approximate surface area is 99.8 Å². The summed E-state index contributed by atoms with van der Waals surface area (Å²) in [5, 5.41) is 3.68. The van der Waals surface area contributed by atoms with Gasteiger partial charge >= 0.3 is 0 Å². The van der Waals surface area contributed by atoms with Gasteiger partial charge in [0.25, 0.3) is 0 Å². The molecule has 1 saturated carbocycles. The summed E-state index contributed by atoms with van der Waals surface area (Å²) in [4.78, 5) is 0. The van der Waals surface area contributed by atoms with Crippen molar-refractivity contribution in [2.45, 2.75) is 53.0 Å². The largest absolute Gasteiger partial charge is 0.313 e. The van der Waals surface area contributed by atoms with E-state index in [1.165, 1.54) is 37.3 Å². The minimum absolute atomic E-state index is 0.622. The molecule has 15 heavy (non-hydrogen) atoms. The summed E-state index contributed by atoms with van der Waals surface area (Å²) in [7, 11) is 0. The quantitative estimate of drug-likeness (QED) is 0.716. The summed E-state index contributed by atoms with van der Waals surface area (Å²) in [6.07, 6.45) is 4.28. The van der Waals surface area contributed by atoms with Crippen molar-refractivity contribution >= 4 is 11.8 Å². The molecular weight excluding hydrogens is 202 g/mol. The fraction of sp³-hybridized carbons (Fsp3) is 1.00. The minimum atomic E-state index is 0.622. The molecule has 0 bridgehead atoms. The third-order valence-corrected chi connectivity index (χ3v) is 4.90. The van der Waals surface area contributed by atoms with Crippen LogP contribution in [0.5, 0.6) is 0 Å². The van der Waals surface area contributed by atoms with Crippen LogP contribution in [-0.4, -0.2) is 24.1 Å². The lowest BCUT2D eigenvalue weighted by Gasteiger charge is -2.39. The first-order valence-corrected chi connectivity index (χ1v) is 7.48. The van der Waals surface area contributed by atoms with Crippen molar-refractivity contribution in [3.05, 3.63) is 0 Å². The second-order valence-corrected chi connectivity index (χ2v) is 6.95. The Balaban J connectivity index is 2.00. The van der Waals surface area contributed by atoms with Crippen LogP contribution in [0.2, 0.25) is 0 Å². The van der Waals surface area contributed by atoms with Crippen molar-refractivity contribution in [1.82, 2.24) is 5.32 Å². The van der Waals surface area contributed by atoms with Crippen molar-refractivity contribution in [1.29, 1.82) is 0 Å². The molecule has 1 nitrogen and oxygen atoms in total. The fourth-order valence-electron chi connectivity index (χ4n) is 1.92. The molecular formula is C13H27NS. The van der Waals surface area contributed by atoms with Gasteiger partial charge in [0.2, 0.25) is 0 Å². The molecule has 0 aromatic carbocycles. The molecule has 0 aromatic heterocycles. The minimum Gasteiger partial charge on any atom is -0.313 e. The zero-order chi connectivity index (χ0) is 11.3. The number of rotatable bonds is 7. The first-order chi connectivity index (χ1) is 7.02. The summed E-state index contributed by atoms with van der Waals surface area (Å²) in [5.74, 6) is 3.38. The van der Waals surface area contributed by atoms with Gasteiger partial charge in [-0.15, -0.1) is 0 Å². The van der Waals surface area contributed by atoms with Gasteiger partial charge < -0.3 is 5.32 Å². The van der Waals surface area contributed by atoms with Crippen molar-refractivity contribution in [3.8, 4) is 0 Å². The topological polar surface area (TPSA) is 12.0 Å². The molecule has 1 rings (SSSR count). The summed E-state index contributed by atoms with van der Waals surface area (Å²) >= 11 is 2.08. The van der Waals surface area contributed by atoms with Crippen LogP contribution < -0.4 is 5.32 Å². The highest BCUT2D eigenvalue weighted by atomic mass is 32.2. The first kappa shape index (κ1) is 13.4. The molecule has 0 aromatic rings. The Hall–Kier alpha value is 0.310. The zero-order valence-corrected chi connectivity index (χ0v) is 11.6. The van der Waals surface area contributed by atoms with E-state index < -0.39 is 0 Å². The van der Waals surface area contributed by atoms with Gasteiger partial charge in [-0.2, -0.15) is 11.8 Å². The van der Waals surface area contributed by atoms with Crippen LogP contribution in [0.4, 0.5) is 0 Å². The highest BCUT2D eigenvalue weighted by molar-refractivity contribution is 7.99. The molecule has 1 aliphatic carbocycles. The van der Waals surface area contributed by atoms with E-state index in [0.717, 1.165) is 5.92 Å². The summed E-state index contributed by atoms with van der Waals surface area (Å²) in [6.45, 7) is 10.5. The van der Waals surface area contributed by atoms with Crippen LogP contribution in [-0.2, 0) is 0 Å². The maximum atomic E-state index is 3.68. The predicted molar refractivity (Wildman–Crippen MR) is 71.6 cm³/mol. The predicted octanol–water partition coefficient (Wildman–Crippen LogP) is 3.54. The van der Waals surface area contributed by atoms with E-state index in [9.17, 15) is 0 Å². The lowest BCUT2D eigenvalue weighted by Crippen LogP contribution is -2.41. The Morgan fingerprint density at radius 3 is 2.33 bits per heavy atom. The smallest absolute Gasteiger partial charge is 0.0130 e. The molecule has 1 N–H and O–H groups in total. The molecule has 0 spiro atoms. The summed E-state index contributed by atoms with van der Waals surface area (Å²) in [6, 6.07) is 0.672. The van der Waals surface area contributed by atoms with Gasteiger partial charge in [0.1, 0.15) is 0 Å². The summed E-state index contributed by atoms with van der Waals surface area (Å²) < 4.78 is 0. The van der Waals surface area contributed by atoms with Crippen molar-refractivity contribution in [2.75, 3.05) is 18.1 Å². The third kappa shape index (κ3) is 5.26. The van der Waals surface area contributed by atoms with Crippen LogP contribution in [0.3, 0.4) is 0 Å². The lowest BCUT2D eigenvalue weighted by atomic mass is 9.70. The van der Waals surface area contributed by atoms with E-state index >= 15 is 0 Å². The van der Waals surface area contributed by atoms with Gasteiger partial charge in [-0.25, -0.2) is 0 Å². The van der Waals surface area contributed by atoms with Crippen LogP contribution in [0, 0.1) is 11.3 Å². The van der Waals surface area contributed by atoms with Crippen LogP contribution in [0.15, 0.2) is 0 Å². The molecule has 0 aliphatic heterocycles. The number of hydrogen-bond donors (Lipinski definition) is 1. The third-order valence-electron chi connectivity index (χ3n) is 3.26. The van der Waals surface area contributed by atoms with E-state index in [1.807, 2.05) is 0 Å². The number of thioether (sulfide) groups is 1. The van der Waals surface area contributed by atoms with Gasteiger partial charge in [-0.05, 0) is 36.9 Å². The van der Waals surface area contributed by atoms with Gasteiger partial charge in [0.05, 0.1) is 0 Å². The fourth-order valence-corrected chi connectivity index (χ4v) is 3.00. The molecule has 1 fully saturated rings. The molecule has 1 unspecified atom stereocenters. The molecule has 2 heteroatoms. The van der Waals surface area contributed by atoms with E-state index in [1.54, 1.807) is 0 Å². The average Bonchev–Trinajstić information content (AvgIpc) is 2.11. The van der Waals surface area contributed by atoms with Crippen LogP contribution >= 0.6 is 11.8 Å². The zero-order valence-electron chi connectivity index (χ0n) is 10.8. The molecule has 90 valence electrons. The van der Waals surface area contributed by atoms with Gasteiger partial charge in [0.15, 0.2) is 0 Å². The second kappa shape index (κ2) is 6.15. The van der Waals surface area contributed by atoms with Gasteiger partial charge in [-0.1, -0.05) is 27.2 Å². The monoisotopic (exact) mass is 229 g/mol. The van der Waals surface area contributed by atoms with Crippen molar-refractivity contribution < 1.29 is 0 Å². The maximum Gasteiger partial charge on any atom is 0.0130 e. The molecule has 1 aliphatic rings. The van der Waals surface area contributed by atoms with E-state index in [4.69, 9.17) is 0 Å². The molecule has 0 amide bonds. The van der Waals surface area contributed by atoms with E-state index in [-0.39, 0.29) is 0 Å². The SMILES string of the molecule is CC(C)CSCC(C)NCC1(C)CCC1.